The Morgan fingerprint density at radius 2 is 2.05 bits per heavy atom. The first-order valence-electron chi connectivity index (χ1n) is 7.46. The van der Waals surface area contributed by atoms with Gasteiger partial charge >= 0.3 is 0 Å². The van der Waals surface area contributed by atoms with E-state index < -0.39 is 0 Å². The highest BCUT2D eigenvalue weighted by atomic mass is 79.9. The average molecular weight is 359 g/mol. The zero-order chi connectivity index (χ0) is 15.8. The van der Waals surface area contributed by atoms with Gasteiger partial charge < -0.3 is 10.2 Å². The van der Waals surface area contributed by atoms with Crippen LogP contribution < -0.4 is 5.32 Å². The number of hydrogen-bond acceptors (Lipinski definition) is 2. The Morgan fingerprint density at radius 1 is 1.38 bits per heavy atom. The molecule has 0 radical (unpaired) electrons. The topological polar surface area (TPSA) is 32.3 Å². The molecule has 0 spiro atoms. The lowest BCUT2D eigenvalue weighted by Crippen LogP contribution is -2.33. The highest BCUT2D eigenvalue weighted by Crippen LogP contribution is 2.18. The Morgan fingerprint density at radius 3 is 2.62 bits per heavy atom. The predicted octanol–water partition coefficient (Wildman–Crippen LogP) is 3.83. The molecule has 3 nitrogen and oxygen atoms in total. The number of rotatable bonds is 8. The second-order valence-corrected chi connectivity index (χ2v) is 6.02. The minimum Gasteiger partial charge on any atom is -0.350 e. The van der Waals surface area contributed by atoms with Crippen molar-refractivity contribution in [3.8, 4) is 0 Å². The lowest BCUT2D eigenvalue weighted by Gasteiger charge is -2.20. The smallest absolute Gasteiger partial charge is 0.252 e. The van der Waals surface area contributed by atoms with Gasteiger partial charge in [-0.3, -0.25) is 4.79 Å². The first kappa shape index (κ1) is 18.1. The van der Waals surface area contributed by atoms with Crippen LogP contribution in [0.3, 0.4) is 0 Å². The van der Waals surface area contributed by atoms with Crippen LogP contribution in [0.1, 0.15) is 44.0 Å². The van der Waals surface area contributed by atoms with E-state index in [9.17, 15) is 9.18 Å². The van der Waals surface area contributed by atoms with Gasteiger partial charge in [0.25, 0.3) is 5.91 Å². The molecule has 1 amide bonds. The quantitative estimate of drug-likeness (QED) is 0.765. The van der Waals surface area contributed by atoms with Crippen molar-refractivity contribution < 1.29 is 9.18 Å². The predicted molar refractivity (Wildman–Crippen MR) is 88.1 cm³/mol. The van der Waals surface area contributed by atoms with Crippen LogP contribution in [0.15, 0.2) is 22.7 Å². The van der Waals surface area contributed by atoms with Crippen molar-refractivity contribution in [2.45, 2.75) is 39.7 Å². The fraction of sp³-hybridized carbons (Fsp3) is 0.562. The van der Waals surface area contributed by atoms with Crippen molar-refractivity contribution in [1.29, 1.82) is 0 Å². The molecule has 0 saturated carbocycles. The van der Waals surface area contributed by atoms with Gasteiger partial charge in [0.15, 0.2) is 0 Å². The number of carbonyl (C=O) groups excluding carboxylic acids is 1. The second kappa shape index (κ2) is 9.15. The summed E-state index contributed by atoms with van der Waals surface area (Å²) in [6.45, 7) is 9.46. The van der Waals surface area contributed by atoms with Crippen molar-refractivity contribution in [2.24, 2.45) is 0 Å². The van der Waals surface area contributed by atoms with Crippen molar-refractivity contribution in [2.75, 3.05) is 19.6 Å². The summed E-state index contributed by atoms with van der Waals surface area (Å²) < 4.78 is 13.5. The molecule has 1 atom stereocenters. The first-order chi connectivity index (χ1) is 9.97. The summed E-state index contributed by atoms with van der Waals surface area (Å²) in [5, 5.41) is 2.96. The van der Waals surface area contributed by atoms with E-state index in [4.69, 9.17) is 0 Å². The molecule has 0 aliphatic carbocycles. The van der Waals surface area contributed by atoms with Crippen molar-refractivity contribution in [1.82, 2.24) is 10.2 Å². The molecule has 1 rings (SSSR count). The lowest BCUT2D eigenvalue weighted by atomic mass is 10.1. The third kappa shape index (κ3) is 6.14. The molecule has 1 N–H and O–H groups in total. The summed E-state index contributed by atoms with van der Waals surface area (Å²) in [6.07, 6.45) is 1.98. The summed E-state index contributed by atoms with van der Waals surface area (Å²) >= 11 is 3.22. The van der Waals surface area contributed by atoms with Gasteiger partial charge in [-0.1, -0.05) is 13.8 Å². The molecule has 0 saturated heterocycles. The number of halogens is 2. The number of benzene rings is 1. The van der Waals surface area contributed by atoms with E-state index in [-0.39, 0.29) is 17.8 Å². The van der Waals surface area contributed by atoms with Crippen LogP contribution in [0, 0.1) is 5.82 Å². The van der Waals surface area contributed by atoms with Crippen LogP contribution >= 0.6 is 15.9 Å². The number of nitrogens with zero attached hydrogens (tertiary/aromatic N) is 1. The average Bonchev–Trinajstić information content (AvgIpc) is 2.43. The minimum atomic E-state index is -0.356. The molecule has 0 fully saturated rings. The minimum absolute atomic E-state index is 0.102. The SMILES string of the molecule is CCN(CC)CCCC(C)NC(=O)c1ccc(F)cc1Br. The Labute approximate surface area is 135 Å². The third-order valence-electron chi connectivity index (χ3n) is 3.56. The van der Waals surface area contributed by atoms with Crippen molar-refractivity contribution in [3.63, 3.8) is 0 Å². The van der Waals surface area contributed by atoms with Crippen LogP contribution in [0.4, 0.5) is 4.39 Å². The van der Waals surface area contributed by atoms with Crippen molar-refractivity contribution >= 4 is 21.8 Å². The number of amides is 1. The molecule has 0 aromatic heterocycles. The Kier molecular flexibility index (Phi) is 7.89. The third-order valence-corrected chi connectivity index (χ3v) is 4.22. The maximum absolute atomic E-state index is 13.0. The van der Waals surface area contributed by atoms with E-state index >= 15 is 0 Å². The molecule has 1 aromatic rings. The molecule has 1 aromatic carbocycles. The second-order valence-electron chi connectivity index (χ2n) is 5.17. The van der Waals surface area contributed by atoms with Gasteiger partial charge in [0.1, 0.15) is 5.82 Å². The zero-order valence-electron chi connectivity index (χ0n) is 13.0. The standard InChI is InChI=1S/C16H24BrFN2O/c1-4-20(5-2)10-6-7-12(3)19-16(21)14-9-8-13(18)11-15(14)17/h8-9,11-12H,4-7,10H2,1-3H3,(H,19,21). The Bertz CT molecular complexity index is 464. The fourth-order valence-corrected chi connectivity index (χ4v) is 2.74. The maximum Gasteiger partial charge on any atom is 0.252 e. The zero-order valence-corrected chi connectivity index (χ0v) is 14.5. The Balaban J connectivity index is 2.43. The molecule has 0 bridgehead atoms. The van der Waals surface area contributed by atoms with Crippen LogP contribution in [-0.4, -0.2) is 36.5 Å². The maximum atomic E-state index is 13.0. The molecule has 1 unspecified atom stereocenters. The van der Waals surface area contributed by atoms with E-state index in [1.807, 2.05) is 6.92 Å². The van der Waals surface area contributed by atoms with Crippen LogP contribution in [-0.2, 0) is 0 Å². The van der Waals surface area contributed by atoms with E-state index in [0.717, 1.165) is 32.5 Å². The Hall–Kier alpha value is -0.940. The van der Waals surface area contributed by atoms with Crippen LogP contribution in [0.2, 0.25) is 0 Å². The van der Waals surface area contributed by atoms with Gasteiger partial charge in [-0.15, -0.1) is 0 Å². The highest BCUT2D eigenvalue weighted by molar-refractivity contribution is 9.10. The van der Waals surface area contributed by atoms with E-state index in [1.165, 1.54) is 18.2 Å². The molecule has 0 aliphatic heterocycles. The van der Waals surface area contributed by atoms with Gasteiger partial charge in [0.05, 0.1) is 5.56 Å². The largest absolute Gasteiger partial charge is 0.350 e. The molecular weight excluding hydrogens is 335 g/mol. The molecule has 0 aliphatic rings. The van der Waals surface area contributed by atoms with E-state index in [1.54, 1.807) is 0 Å². The van der Waals surface area contributed by atoms with E-state index in [2.05, 4.69) is 40.0 Å². The monoisotopic (exact) mass is 358 g/mol. The highest BCUT2D eigenvalue weighted by Gasteiger charge is 2.13. The number of hydrogen-bond donors (Lipinski definition) is 1. The van der Waals surface area contributed by atoms with Crippen molar-refractivity contribution in [3.05, 3.63) is 34.1 Å². The summed E-state index contributed by atoms with van der Waals surface area (Å²) in [6, 6.07) is 4.20. The molecule has 5 heteroatoms. The van der Waals surface area contributed by atoms with Gasteiger partial charge in [-0.05, 0) is 73.5 Å². The fourth-order valence-electron chi connectivity index (χ4n) is 2.21. The number of carbonyl (C=O) groups is 1. The molecule has 21 heavy (non-hydrogen) atoms. The van der Waals surface area contributed by atoms with Gasteiger partial charge in [-0.2, -0.15) is 0 Å². The van der Waals surface area contributed by atoms with Crippen LogP contribution in [0.5, 0.6) is 0 Å². The summed E-state index contributed by atoms with van der Waals surface area (Å²) in [5.41, 5.74) is 0.465. The van der Waals surface area contributed by atoms with Crippen LogP contribution in [0.25, 0.3) is 0 Å². The summed E-state index contributed by atoms with van der Waals surface area (Å²) in [4.78, 5) is 14.5. The molecule has 118 valence electrons. The number of nitrogens with one attached hydrogen (secondary N) is 1. The lowest BCUT2D eigenvalue weighted by molar-refractivity contribution is 0.0936. The summed E-state index contributed by atoms with van der Waals surface area (Å²) in [5.74, 6) is -0.525. The van der Waals surface area contributed by atoms with Gasteiger partial charge in [0.2, 0.25) is 0 Å². The molecule has 0 heterocycles. The van der Waals surface area contributed by atoms with E-state index in [0.29, 0.717) is 10.0 Å². The normalized spacial score (nSPS) is 12.5. The first-order valence-corrected chi connectivity index (χ1v) is 8.25. The molecular formula is C16H24BrFN2O. The van der Waals surface area contributed by atoms with Gasteiger partial charge in [-0.25, -0.2) is 4.39 Å². The van der Waals surface area contributed by atoms with Gasteiger partial charge in [0, 0.05) is 10.5 Å². The summed E-state index contributed by atoms with van der Waals surface area (Å²) in [7, 11) is 0.